The molecule has 0 unspecified atom stereocenters. The highest BCUT2D eigenvalue weighted by Gasteiger charge is 2.11. The van der Waals surface area contributed by atoms with Crippen molar-refractivity contribution >= 4 is 5.97 Å². The maximum Gasteiger partial charge on any atom is 0.303 e. The van der Waals surface area contributed by atoms with E-state index in [4.69, 9.17) is 5.11 Å². The van der Waals surface area contributed by atoms with Gasteiger partial charge in [0.2, 0.25) is 0 Å². The van der Waals surface area contributed by atoms with Crippen LogP contribution < -0.4 is 0 Å². The number of carboxylic acids is 1. The maximum atomic E-state index is 10.8. The number of aryl methyl sites for hydroxylation is 1. The Bertz CT molecular complexity index is 586. The lowest BCUT2D eigenvalue weighted by atomic mass is 9.90. The molecule has 0 amide bonds. The summed E-state index contributed by atoms with van der Waals surface area (Å²) in [5.41, 5.74) is 5.84. The van der Waals surface area contributed by atoms with Crippen LogP contribution in [0.1, 0.15) is 23.1 Å². The van der Waals surface area contributed by atoms with E-state index in [-0.39, 0.29) is 6.42 Å². The fourth-order valence-corrected chi connectivity index (χ4v) is 2.32. The second-order valence-electron chi connectivity index (χ2n) is 4.79. The fraction of sp³-hybridized carbons (Fsp3) is 0.235. The third kappa shape index (κ3) is 3.02. The Hall–Kier alpha value is -2.09. The van der Waals surface area contributed by atoms with Gasteiger partial charge < -0.3 is 5.11 Å². The van der Waals surface area contributed by atoms with Gasteiger partial charge in [-0.3, -0.25) is 4.79 Å². The third-order valence-corrected chi connectivity index (χ3v) is 3.54. The Morgan fingerprint density at radius 1 is 1.05 bits per heavy atom. The van der Waals surface area contributed by atoms with Gasteiger partial charge >= 0.3 is 5.97 Å². The molecule has 0 atom stereocenters. The smallest absolute Gasteiger partial charge is 0.303 e. The lowest BCUT2D eigenvalue weighted by Gasteiger charge is -2.14. The zero-order valence-electron chi connectivity index (χ0n) is 11.3. The first-order valence-corrected chi connectivity index (χ1v) is 6.46. The van der Waals surface area contributed by atoms with E-state index in [9.17, 15) is 4.79 Å². The van der Waals surface area contributed by atoms with Crippen LogP contribution >= 0.6 is 0 Å². The number of aliphatic carboxylic acids is 1. The van der Waals surface area contributed by atoms with Crippen LogP contribution in [0.15, 0.2) is 42.5 Å². The number of benzene rings is 2. The molecule has 0 aromatic heterocycles. The Labute approximate surface area is 113 Å². The maximum absolute atomic E-state index is 10.8. The van der Waals surface area contributed by atoms with Gasteiger partial charge in [0, 0.05) is 6.42 Å². The minimum atomic E-state index is -0.750. The monoisotopic (exact) mass is 254 g/mol. The summed E-state index contributed by atoms with van der Waals surface area (Å²) in [7, 11) is 0. The molecule has 2 rings (SSSR count). The molecular weight excluding hydrogens is 236 g/mol. The molecule has 2 aromatic rings. The molecule has 0 aliphatic rings. The average molecular weight is 254 g/mol. The molecular formula is C17H18O2. The van der Waals surface area contributed by atoms with E-state index < -0.39 is 5.97 Å². The lowest BCUT2D eigenvalue weighted by Crippen LogP contribution is -2.02. The number of carboxylic acid groups (broad SMARTS) is 1. The van der Waals surface area contributed by atoms with Crippen molar-refractivity contribution in [1.82, 2.24) is 0 Å². The Kier molecular flexibility index (Phi) is 4.00. The summed E-state index contributed by atoms with van der Waals surface area (Å²) in [4.78, 5) is 10.8. The van der Waals surface area contributed by atoms with Gasteiger partial charge in [-0.25, -0.2) is 0 Å². The van der Waals surface area contributed by atoms with Gasteiger partial charge in [-0.2, -0.15) is 0 Å². The van der Waals surface area contributed by atoms with Crippen molar-refractivity contribution < 1.29 is 9.90 Å². The van der Waals surface area contributed by atoms with Crippen molar-refractivity contribution in [3.8, 4) is 11.1 Å². The highest BCUT2D eigenvalue weighted by Crippen LogP contribution is 2.29. The third-order valence-electron chi connectivity index (χ3n) is 3.54. The van der Waals surface area contributed by atoms with Crippen molar-refractivity contribution in [2.45, 2.75) is 26.7 Å². The van der Waals surface area contributed by atoms with Crippen LogP contribution in [0.25, 0.3) is 11.1 Å². The van der Waals surface area contributed by atoms with Crippen molar-refractivity contribution in [3.63, 3.8) is 0 Å². The van der Waals surface area contributed by atoms with Crippen LogP contribution in [-0.4, -0.2) is 11.1 Å². The quantitative estimate of drug-likeness (QED) is 0.895. The number of carbonyl (C=O) groups is 1. The van der Waals surface area contributed by atoms with Crippen molar-refractivity contribution in [2.24, 2.45) is 0 Å². The number of hydrogen-bond acceptors (Lipinski definition) is 1. The van der Waals surface area contributed by atoms with Gasteiger partial charge in [0.1, 0.15) is 0 Å². The molecule has 1 N–H and O–H groups in total. The van der Waals surface area contributed by atoms with Crippen LogP contribution in [0.4, 0.5) is 0 Å². The van der Waals surface area contributed by atoms with Gasteiger partial charge in [-0.15, -0.1) is 0 Å². The second kappa shape index (κ2) is 5.70. The lowest BCUT2D eigenvalue weighted by molar-refractivity contribution is -0.136. The summed E-state index contributed by atoms with van der Waals surface area (Å²) in [5.74, 6) is -0.750. The molecule has 0 heterocycles. The van der Waals surface area contributed by atoms with E-state index in [1.165, 1.54) is 11.1 Å². The average Bonchev–Trinajstić information content (AvgIpc) is 2.41. The number of rotatable bonds is 4. The SMILES string of the molecule is Cc1ccc(-c2ccccc2)c(CCC(=O)O)c1C. The first-order chi connectivity index (χ1) is 9.09. The summed E-state index contributed by atoms with van der Waals surface area (Å²) >= 11 is 0. The molecule has 0 bridgehead atoms. The first-order valence-electron chi connectivity index (χ1n) is 6.46. The normalized spacial score (nSPS) is 10.4. The fourth-order valence-electron chi connectivity index (χ4n) is 2.32. The zero-order chi connectivity index (χ0) is 13.8. The molecule has 19 heavy (non-hydrogen) atoms. The standard InChI is InChI=1S/C17H18O2/c1-12-8-9-16(14-6-4-3-5-7-14)15(13(12)2)10-11-17(18)19/h3-9H,10-11H2,1-2H3,(H,18,19). The first kappa shape index (κ1) is 13.3. The van der Waals surface area contributed by atoms with Crippen LogP contribution in [-0.2, 0) is 11.2 Å². The molecule has 2 heteroatoms. The molecule has 0 saturated carbocycles. The van der Waals surface area contributed by atoms with Gasteiger partial charge in [-0.05, 0) is 48.1 Å². The van der Waals surface area contributed by atoms with Gasteiger partial charge in [0.25, 0.3) is 0 Å². The predicted octanol–water partition coefficient (Wildman–Crippen LogP) is 3.99. The minimum absolute atomic E-state index is 0.171. The van der Waals surface area contributed by atoms with Crippen molar-refractivity contribution in [3.05, 3.63) is 59.2 Å². The molecule has 0 radical (unpaired) electrons. The molecule has 98 valence electrons. The largest absolute Gasteiger partial charge is 0.481 e. The van der Waals surface area contributed by atoms with Gasteiger partial charge in [0.15, 0.2) is 0 Å². The molecule has 0 spiro atoms. The van der Waals surface area contributed by atoms with Crippen LogP contribution in [0.3, 0.4) is 0 Å². The number of hydrogen-bond donors (Lipinski definition) is 1. The van der Waals surface area contributed by atoms with E-state index in [1.54, 1.807) is 0 Å². The molecule has 0 aliphatic carbocycles. The predicted molar refractivity (Wildman–Crippen MR) is 77.3 cm³/mol. The highest BCUT2D eigenvalue weighted by molar-refractivity contribution is 5.72. The van der Waals surface area contributed by atoms with Crippen molar-refractivity contribution in [2.75, 3.05) is 0 Å². The van der Waals surface area contributed by atoms with E-state index in [1.807, 2.05) is 18.2 Å². The van der Waals surface area contributed by atoms with Crippen molar-refractivity contribution in [1.29, 1.82) is 0 Å². The van der Waals surface area contributed by atoms with E-state index in [0.717, 1.165) is 16.7 Å². The molecule has 0 fully saturated rings. The summed E-state index contributed by atoms with van der Waals surface area (Å²) in [6.07, 6.45) is 0.747. The Morgan fingerprint density at radius 2 is 1.74 bits per heavy atom. The summed E-state index contributed by atoms with van der Waals surface area (Å²) in [5, 5.41) is 8.90. The minimum Gasteiger partial charge on any atom is -0.481 e. The van der Waals surface area contributed by atoms with Gasteiger partial charge in [-0.1, -0.05) is 42.5 Å². The molecule has 2 aromatic carbocycles. The molecule has 0 aliphatic heterocycles. The van der Waals surface area contributed by atoms with E-state index in [0.29, 0.717) is 6.42 Å². The Morgan fingerprint density at radius 3 is 2.37 bits per heavy atom. The molecule has 0 saturated heterocycles. The second-order valence-corrected chi connectivity index (χ2v) is 4.79. The topological polar surface area (TPSA) is 37.3 Å². The highest BCUT2D eigenvalue weighted by atomic mass is 16.4. The molecule has 2 nitrogen and oxygen atoms in total. The zero-order valence-corrected chi connectivity index (χ0v) is 11.3. The van der Waals surface area contributed by atoms with Crippen LogP contribution in [0.5, 0.6) is 0 Å². The summed E-state index contributed by atoms with van der Waals surface area (Å²) < 4.78 is 0. The summed E-state index contributed by atoms with van der Waals surface area (Å²) in [6, 6.07) is 14.3. The van der Waals surface area contributed by atoms with E-state index in [2.05, 4.69) is 38.1 Å². The summed E-state index contributed by atoms with van der Waals surface area (Å²) in [6.45, 7) is 4.13. The van der Waals surface area contributed by atoms with Crippen LogP contribution in [0, 0.1) is 13.8 Å². The van der Waals surface area contributed by atoms with Crippen LogP contribution in [0.2, 0.25) is 0 Å². The van der Waals surface area contributed by atoms with E-state index >= 15 is 0 Å². The Balaban J connectivity index is 2.48. The van der Waals surface area contributed by atoms with Gasteiger partial charge in [0.05, 0.1) is 0 Å².